The Morgan fingerprint density at radius 1 is 1.36 bits per heavy atom. The maximum atomic E-state index is 13.5. The van der Waals surface area contributed by atoms with Crippen molar-refractivity contribution in [1.29, 1.82) is 0 Å². The highest BCUT2D eigenvalue weighted by molar-refractivity contribution is 6.30. The van der Waals surface area contributed by atoms with Gasteiger partial charge < -0.3 is 9.64 Å². The first-order chi connectivity index (χ1) is 10.5. The second-order valence-electron chi connectivity index (χ2n) is 4.43. The van der Waals surface area contributed by atoms with Gasteiger partial charge in [0.05, 0.1) is 18.1 Å². The number of aromatic nitrogens is 2. The fourth-order valence-electron chi connectivity index (χ4n) is 1.38. The minimum atomic E-state index is -0.718. The molecule has 0 fully saturated rings. The number of carbonyl (C=O) groups is 1. The third-order valence-electron chi connectivity index (χ3n) is 2.38. The Labute approximate surface area is 131 Å². The summed E-state index contributed by atoms with van der Waals surface area (Å²) in [6.07, 6.45) is 2.26. The Bertz CT molecular complexity index is 704. The molecule has 0 saturated carbocycles. The molecule has 0 amide bonds. The topological polar surface area (TPSA) is 67.7 Å². The van der Waals surface area contributed by atoms with Crippen molar-refractivity contribution in [3.8, 4) is 6.01 Å². The lowest BCUT2D eigenvalue weighted by molar-refractivity contribution is 0.0719. The van der Waals surface area contributed by atoms with Crippen molar-refractivity contribution in [1.82, 2.24) is 14.9 Å². The molecular formula is C14H12ClFN4O2. The Balaban J connectivity index is 2.17. The number of hydrogen-bond donors (Lipinski definition) is 0. The first kappa shape index (κ1) is 15.8. The third kappa shape index (κ3) is 4.23. The second kappa shape index (κ2) is 6.95. The number of benzene rings is 1. The zero-order valence-corrected chi connectivity index (χ0v) is 12.6. The zero-order chi connectivity index (χ0) is 16.1. The molecule has 22 heavy (non-hydrogen) atoms. The highest BCUT2D eigenvalue weighted by Crippen LogP contribution is 2.17. The zero-order valence-electron chi connectivity index (χ0n) is 11.8. The van der Waals surface area contributed by atoms with Crippen LogP contribution in [0.5, 0.6) is 6.01 Å². The number of carbonyl (C=O) groups excluding carboxylic acids is 1. The first-order valence-corrected chi connectivity index (χ1v) is 6.54. The molecule has 8 heteroatoms. The van der Waals surface area contributed by atoms with Crippen LogP contribution < -0.4 is 4.74 Å². The molecule has 0 atom stereocenters. The van der Waals surface area contributed by atoms with Crippen molar-refractivity contribution < 1.29 is 13.9 Å². The summed E-state index contributed by atoms with van der Waals surface area (Å²) < 4.78 is 18.5. The van der Waals surface area contributed by atoms with E-state index in [2.05, 4.69) is 15.0 Å². The molecule has 0 radical (unpaired) electrons. The lowest BCUT2D eigenvalue weighted by Gasteiger charge is -2.05. The SMILES string of the molecule is CN(C)/C=N/c1nc(OC(=O)c2ccc(Cl)cc2)ncc1F. The van der Waals surface area contributed by atoms with Crippen LogP contribution in [0.3, 0.4) is 0 Å². The van der Waals surface area contributed by atoms with E-state index in [9.17, 15) is 9.18 Å². The molecule has 1 heterocycles. The summed E-state index contributed by atoms with van der Waals surface area (Å²) in [4.78, 5) is 24.7. The van der Waals surface area contributed by atoms with Crippen molar-refractivity contribution in [3.05, 3.63) is 46.9 Å². The lowest BCUT2D eigenvalue weighted by atomic mass is 10.2. The number of esters is 1. The number of nitrogens with zero attached hydrogens (tertiary/aromatic N) is 4. The van der Waals surface area contributed by atoms with Crippen molar-refractivity contribution in [2.45, 2.75) is 0 Å². The summed E-state index contributed by atoms with van der Waals surface area (Å²) in [7, 11) is 3.45. The van der Waals surface area contributed by atoms with Crippen LogP contribution in [-0.4, -0.2) is 41.3 Å². The average molecular weight is 323 g/mol. The molecule has 0 unspecified atom stereocenters. The monoisotopic (exact) mass is 322 g/mol. The first-order valence-electron chi connectivity index (χ1n) is 6.16. The van der Waals surface area contributed by atoms with Crippen LogP contribution in [0.4, 0.5) is 10.2 Å². The smallest absolute Gasteiger partial charge is 0.345 e. The molecule has 6 nitrogen and oxygen atoms in total. The maximum absolute atomic E-state index is 13.5. The van der Waals surface area contributed by atoms with Gasteiger partial charge in [0.1, 0.15) is 0 Å². The van der Waals surface area contributed by atoms with E-state index < -0.39 is 11.8 Å². The van der Waals surface area contributed by atoms with Crippen LogP contribution >= 0.6 is 11.6 Å². The van der Waals surface area contributed by atoms with E-state index in [1.807, 2.05) is 0 Å². The van der Waals surface area contributed by atoms with E-state index in [-0.39, 0.29) is 17.4 Å². The highest BCUT2D eigenvalue weighted by Gasteiger charge is 2.13. The summed E-state index contributed by atoms with van der Waals surface area (Å²) in [5, 5.41) is 0.495. The average Bonchev–Trinajstić information content (AvgIpc) is 2.48. The van der Waals surface area contributed by atoms with Gasteiger partial charge in [0, 0.05) is 19.1 Å². The van der Waals surface area contributed by atoms with Crippen LogP contribution in [0, 0.1) is 5.82 Å². The standard InChI is InChI=1S/C14H12ClFN4O2/c1-20(2)8-18-12-11(16)7-17-14(19-12)22-13(21)9-3-5-10(15)6-4-9/h3-8H,1-2H3/b18-8+. The van der Waals surface area contributed by atoms with Gasteiger partial charge in [-0.2, -0.15) is 4.98 Å². The summed E-state index contributed by atoms with van der Waals surface area (Å²) in [5.74, 6) is -1.61. The third-order valence-corrected chi connectivity index (χ3v) is 2.63. The molecule has 0 bridgehead atoms. The van der Waals surface area contributed by atoms with Crippen molar-refractivity contribution in [2.24, 2.45) is 4.99 Å². The largest absolute Gasteiger partial charge is 0.387 e. The maximum Gasteiger partial charge on any atom is 0.345 e. The van der Waals surface area contributed by atoms with Gasteiger partial charge in [-0.25, -0.2) is 19.2 Å². The quantitative estimate of drug-likeness (QED) is 0.492. The molecule has 0 saturated heterocycles. The van der Waals surface area contributed by atoms with Gasteiger partial charge in [-0.1, -0.05) is 11.6 Å². The van der Waals surface area contributed by atoms with Crippen molar-refractivity contribution in [3.63, 3.8) is 0 Å². The van der Waals surface area contributed by atoms with Gasteiger partial charge in [0.2, 0.25) is 0 Å². The van der Waals surface area contributed by atoms with Crippen LogP contribution in [0.2, 0.25) is 5.02 Å². The predicted octanol–water partition coefficient (Wildman–Crippen LogP) is 2.71. The van der Waals surface area contributed by atoms with Crippen molar-refractivity contribution >= 4 is 29.7 Å². The van der Waals surface area contributed by atoms with E-state index in [1.165, 1.54) is 18.5 Å². The van der Waals surface area contributed by atoms with Crippen LogP contribution in [-0.2, 0) is 0 Å². The minimum Gasteiger partial charge on any atom is -0.387 e. The molecule has 0 aliphatic rings. The molecule has 0 aliphatic carbocycles. The van der Waals surface area contributed by atoms with E-state index >= 15 is 0 Å². The van der Waals surface area contributed by atoms with Crippen molar-refractivity contribution in [2.75, 3.05) is 14.1 Å². The van der Waals surface area contributed by atoms with Crippen LogP contribution in [0.25, 0.3) is 0 Å². The fraction of sp³-hybridized carbons (Fsp3) is 0.143. The number of hydrogen-bond acceptors (Lipinski definition) is 5. The number of rotatable bonds is 4. The Kier molecular flexibility index (Phi) is 5.00. The van der Waals surface area contributed by atoms with Gasteiger partial charge >= 0.3 is 12.0 Å². The molecule has 114 valence electrons. The number of halogens is 2. The molecule has 2 aromatic rings. The van der Waals surface area contributed by atoms with E-state index in [0.29, 0.717) is 5.02 Å². The highest BCUT2D eigenvalue weighted by atomic mass is 35.5. The molecule has 1 aromatic heterocycles. The van der Waals surface area contributed by atoms with E-state index in [1.54, 1.807) is 31.1 Å². The molecule has 0 aliphatic heterocycles. The molecule has 0 N–H and O–H groups in total. The molecule has 2 rings (SSSR count). The minimum absolute atomic E-state index is 0.220. The van der Waals surface area contributed by atoms with Gasteiger partial charge in [-0.05, 0) is 24.3 Å². The summed E-state index contributed by atoms with van der Waals surface area (Å²) in [6, 6.07) is 5.82. The van der Waals surface area contributed by atoms with Gasteiger partial charge in [-0.15, -0.1) is 0 Å². The molecular weight excluding hydrogens is 311 g/mol. The number of aliphatic imine (C=N–C) groups is 1. The summed E-state index contributed by atoms with van der Waals surface area (Å²) >= 11 is 5.74. The van der Waals surface area contributed by atoms with E-state index in [4.69, 9.17) is 16.3 Å². The molecule has 0 spiro atoms. The Morgan fingerprint density at radius 3 is 2.68 bits per heavy atom. The fourth-order valence-corrected chi connectivity index (χ4v) is 1.51. The van der Waals surface area contributed by atoms with Crippen LogP contribution in [0.1, 0.15) is 10.4 Å². The summed E-state index contributed by atoms with van der Waals surface area (Å²) in [6.45, 7) is 0. The predicted molar refractivity (Wildman–Crippen MR) is 80.2 cm³/mol. The van der Waals surface area contributed by atoms with E-state index in [0.717, 1.165) is 6.20 Å². The van der Waals surface area contributed by atoms with Crippen LogP contribution in [0.15, 0.2) is 35.5 Å². The normalized spacial score (nSPS) is 10.7. The summed E-state index contributed by atoms with van der Waals surface area (Å²) in [5.41, 5.74) is 0.274. The Morgan fingerprint density at radius 2 is 2.05 bits per heavy atom. The lowest BCUT2D eigenvalue weighted by Crippen LogP contribution is -2.11. The van der Waals surface area contributed by atoms with Gasteiger partial charge in [-0.3, -0.25) is 0 Å². The second-order valence-corrected chi connectivity index (χ2v) is 4.87. The number of ether oxygens (including phenoxy) is 1. The Hall–Kier alpha value is -2.54. The molecule has 1 aromatic carbocycles. The van der Waals surface area contributed by atoms with Gasteiger partial charge in [0.15, 0.2) is 11.6 Å². The van der Waals surface area contributed by atoms with Gasteiger partial charge in [0.25, 0.3) is 0 Å².